The van der Waals surface area contributed by atoms with Crippen LogP contribution >= 0.6 is 0 Å². The number of guanidine groups is 1. The van der Waals surface area contributed by atoms with Crippen molar-refractivity contribution in [3.63, 3.8) is 0 Å². The van der Waals surface area contributed by atoms with Crippen molar-refractivity contribution in [1.29, 1.82) is 0 Å². The number of rotatable bonds is 6. The van der Waals surface area contributed by atoms with Crippen LogP contribution in [0.15, 0.2) is 47.7 Å². The number of H-pyrrole nitrogens is 1. The van der Waals surface area contributed by atoms with Crippen LogP contribution in [0.3, 0.4) is 0 Å². The van der Waals surface area contributed by atoms with E-state index in [2.05, 4.69) is 63.0 Å². The molecule has 3 N–H and O–H groups in total. The minimum absolute atomic E-state index is 0.830. The largest absolute Gasteiger partial charge is 0.361 e. The molecule has 0 unspecified atom stereocenters. The molecule has 0 atom stereocenters. The normalized spacial score (nSPS) is 11.7. The number of hydrogen-bond donors (Lipinski definition) is 3. The smallest absolute Gasteiger partial charge is 0.190 e. The van der Waals surface area contributed by atoms with E-state index in [1.165, 1.54) is 27.6 Å². The number of nitrogens with one attached hydrogen (secondary N) is 3. The number of aliphatic imine (C=N–C) groups is 1. The minimum atomic E-state index is 0.830. The minimum Gasteiger partial charge on any atom is -0.361 e. The lowest BCUT2D eigenvalue weighted by Crippen LogP contribution is -2.39. The highest BCUT2D eigenvalue weighted by atomic mass is 15.2. The van der Waals surface area contributed by atoms with Gasteiger partial charge in [0.15, 0.2) is 5.96 Å². The Morgan fingerprint density at radius 2 is 1.88 bits per heavy atom. The number of benzene rings is 1. The molecule has 3 rings (SSSR count). The third kappa shape index (κ3) is 4.42. The van der Waals surface area contributed by atoms with Crippen LogP contribution in [-0.4, -0.2) is 36.1 Å². The average Bonchev–Trinajstić information content (AvgIpc) is 3.06. The van der Waals surface area contributed by atoms with Crippen LogP contribution in [0.1, 0.15) is 22.4 Å². The van der Waals surface area contributed by atoms with Crippen molar-refractivity contribution < 1.29 is 0 Å². The van der Waals surface area contributed by atoms with Crippen LogP contribution < -0.4 is 10.6 Å². The van der Waals surface area contributed by atoms with Crippen LogP contribution in [0.4, 0.5) is 0 Å². The van der Waals surface area contributed by atoms with Crippen molar-refractivity contribution in [3.8, 4) is 0 Å². The van der Waals surface area contributed by atoms with Crippen molar-refractivity contribution in [2.75, 3.05) is 20.1 Å². The summed E-state index contributed by atoms with van der Waals surface area (Å²) in [4.78, 5) is 12.0. The van der Waals surface area contributed by atoms with E-state index in [0.717, 1.165) is 37.6 Å². The van der Waals surface area contributed by atoms with E-state index in [1.807, 2.05) is 19.2 Å². The summed E-state index contributed by atoms with van der Waals surface area (Å²) in [5.41, 5.74) is 6.13. The predicted octanol–water partition coefficient (Wildman–Crippen LogP) is 3.13. The first-order chi connectivity index (χ1) is 12.7. The van der Waals surface area contributed by atoms with Crippen molar-refractivity contribution >= 4 is 16.9 Å². The molecular weight excluding hydrogens is 322 g/mol. The Labute approximate surface area is 155 Å². The lowest BCUT2D eigenvalue weighted by atomic mass is 10.1. The Bertz CT molecular complexity index is 877. The average molecular weight is 349 g/mol. The molecular formula is C21H27N5. The number of aryl methyl sites for hydroxylation is 2. The summed E-state index contributed by atoms with van der Waals surface area (Å²) < 4.78 is 0. The van der Waals surface area contributed by atoms with Crippen LogP contribution in [0.25, 0.3) is 10.9 Å². The monoisotopic (exact) mass is 349 g/mol. The quantitative estimate of drug-likeness (QED) is 0.473. The summed E-state index contributed by atoms with van der Waals surface area (Å²) in [5.74, 6) is 0.835. The van der Waals surface area contributed by atoms with Crippen molar-refractivity contribution in [2.24, 2.45) is 4.99 Å². The second-order valence-corrected chi connectivity index (χ2v) is 6.54. The Kier molecular flexibility index (Phi) is 5.89. The third-order valence-corrected chi connectivity index (χ3v) is 4.58. The summed E-state index contributed by atoms with van der Waals surface area (Å²) >= 11 is 0. The van der Waals surface area contributed by atoms with E-state index in [4.69, 9.17) is 0 Å². The van der Waals surface area contributed by atoms with Crippen LogP contribution in [0, 0.1) is 13.8 Å². The maximum Gasteiger partial charge on any atom is 0.190 e. The van der Waals surface area contributed by atoms with E-state index in [-0.39, 0.29) is 0 Å². The highest BCUT2D eigenvalue weighted by Gasteiger charge is 2.06. The van der Waals surface area contributed by atoms with E-state index in [0.29, 0.717) is 0 Å². The van der Waals surface area contributed by atoms with Crippen molar-refractivity contribution in [2.45, 2.75) is 26.7 Å². The van der Waals surface area contributed by atoms with Gasteiger partial charge in [-0.1, -0.05) is 18.2 Å². The molecule has 0 bridgehead atoms. The van der Waals surface area contributed by atoms with E-state index in [9.17, 15) is 0 Å². The van der Waals surface area contributed by atoms with Gasteiger partial charge in [0.25, 0.3) is 0 Å². The Balaban J connectivity index is 1.47. The van der Waals surface area contributed by atoms with Gasteiger partial charge in [-0.05, 0) is 55.5 Å². The number of aromatic nitrogens is 2. The van der Waals surface area contributed by atoms with Gasteiger partial charge >= 0.3 is 0 Å². The molecule has 26 heavy (non-hydrogen) atoms. The maximum absolute atomic E-state index is 4.33. The summed E-state index contributed by atoms with van der Waals surface area (Å²) in [5, 5.41) is 8.10. The molecule has 2 aromatic heterocycles. The molecule has 2 heterocycles. The standard InChI is InChI=1S/C21H27N5/c1-15-5-4-6-19-20(15)18(14-26-19)10-12-24-21(22-3)23-11-9-17-8-7-16(2)25-13-17/h4-8,13-14,26H,9-12H2,1-3H3,(H2,22,23,24). The topological polar surface area (TPSA) is 65.1 Å². The van der Waals surface area contributed by atoms with Gasteiger partial charge in [0.05, 0.1) is 0 Å². The van der Waals surface area contributed by atoms with Crippen LogP contribution in [0.5, 0.6) is 0 Å². The molecule has 0 aliphatic rings. The molecule has 0 aliphatic heterocycles. The highest BCUT2D eigenvalue weighted by molar-refractivity contribution is 5.86. The van der Waals surface area contributed by atoms with Crippen LogP contribution in [0.2, 0.25) is 0 Å². The predicted molar refractivity (Wildman–Crippen MR) is 109 cm³/mol. The number of pyridine rings is 1. The highest BCUT2D eigenvalue weighted by Crippen LogP contribution is 2.22. The first-order valence-electron chi connectivity index (χ1n) is 9.09. The molecule has 3 aromatic rings. The van der Waals surface area contributed by atoms with Gasteiger partial charge in [-0.25, -0.2) is 0 Å². The number of hydrogen-bond acceptors (Lipinski definition) is 2. The maximum atomic E-state index is 4.33. The Morgan fingerprint density at radius 1 is 1.08 bits per heavy atom. The van der Waals surface area contributed by atoms with Gasteiger partial charge in [0.1, 0.15) is 0 Å². The first-order valence-corrected chi connectivity index (χ1v) is 9.09. The van der Waals surface area contributed by atoms with Gasteiger partial charge < -0.3 is 15.6 Å². The first kappa shape index (κ1) is 18.0. The summed E-state index contributed by atoms with van der Waals surface area (Å²) in [6, 6.07) is 10.5. The zero-order valence-corrected chi connectivity index (χ0v) is 15.8. The van der Waals surface area contributed by atoms with Crippen molar-refractivity contribution in [1.82, 2.24) is 20.6 Å². The Hall–Kier alpha value is -2.82. The molecule has 5 nitrogen and oxygen atoms in total. The molecule has 0 amide bonds. The number of aromatic amines is 1. The molecule has 0 saturated heterocycles. The Morgan fingerprint density at radius 3 is 2.62 bits per heavy atom. The number of nitrogens with zero attached hydrogens (tertiary/aromatic N) is 2. The molecule has 0 aliphatic carbocycles. The second-order valence-electron chi connectivity index (χ2n) is 6.54. The molecule has 136 valence electrons. The van der Waals surface area contributed by atoms with Gasteiger partial charge in [-0.15, -0.1) is 0 Å². The van der Waals surface area contributed by atoms with Gasteiger partial charge in [0, 0.05) is 49.1 Å². The molecule has 0 radical (unpaired) electrons. The molecule has 1 aromatic carbocycles. The van der Waals surface area contributed by atoms with E-state index in [1.54, 1.807) is 7.05 Å². The van der Waals surface area contributed by atoms with Gasteiger partial charge in [-0.3, -0.25) is 9.98 Å². The van der Waals surface area contributed by atoms with E-state index < -0.39 is 0 Å². The zero-order chi connectivity index (χ0) is 18.4. The molecule has 0 saturated carbocycles. The number of fused-ring (bicyclic) bond motifs is 1. The fourth-order valence-corrected chi connectivity index (χ4v) is 3.16. The molecule has 5 heteroatoms. The fourth-order valence-electron chi connectivity index (χ4n) is 3.16. The van der Waals surface area contributed by atoms with Gasteiger partial charge in [0.2, 0.25) is 0 Å². The summed E-state index contributed by atoms with van der Waals surface area (Å²) in [6.07, 6.45) is 5.93. The van der Waals surface area contributed by atoms with Crippen molar-refractivity contribution in [3.05, 3.63) is 65.1 Å². The fraction of sp³-hybridized carbons (Fsp3) is 0.333. The summed E-state index contributed by atoms with van der Waals surface area (Å²) in [7, 11) is 1.80. The molecule has 0 spiro atoms. The third-order valence-electron chi connectivity index (χ3n) is 4.58. The SMILES string of the molecule is CN=C(NCCc1ccc(C)nc1)NCCc1c[nH]c2cccc(C)c12. The zero-order valence-electron chi connectivity index (χ0n) is 15.8. The van der Waals surface area contributed by atoms with Gasteiger partial charge in [-0.2, -0.15) is 0 Å². The second kappa shape index (κ2) is 8.52. The molecule has 0 fully saturated rings. The lowest BCUT2D eigenvalue weighted by molar-refractivity contribution is 0.784. The lowest BCUT2D eigenvalue weighted by Gasteiger charge is -2.12. The van der Waals surface area contributed by atoms with Crippen LogP contribution in [-0.2, 0) is 12.8 Å². The van der Waals surface area contributed by atoms with E-state index >= 15 is 0 Å². The summed E-state index contributed by atoms with van der Waals surface area (Å²) in [6.45, 7) is 5.83.